The molecule has 1 N–H and O–H groups in total. The van der Waals surface area contributed by atoms with Gasteiger partial charge in [0.1, 0.15) is 0 Å². The predicted octanol–water partition coefficient (Wildman–Crippen LogP) is 3.83. The van der Waals surface area contributed by atoms with Gasteiger partial charge in [0.2, 0.25) is 5.91 Å². The topological polar surface area (TPSA) is 32.3 Å². The zero-order chi connectivity index (χ0) is 16.8. The van der Waals surface area contributed by atoms with E-state index in [0.717, 1.165) is 11.3 Å². The van der Waals surface area contributed by atoms with E-state index in [0.29, 0.717) is 13.1 Å². The molecule has 0 atom stereocenters. The average molecular weight is 310 g/mol. The Morgan fingerprint density at radius 3 is 2.30 bits per heavy atom. The van der Waals surface area contributed by atoms with Crippen molar-refractivity contribution in [2.24, 2.45) is 0 Å². The Balaban J connectivity index is 1.98. The van der Waals surface area contributed by atoms with E-state index < -0.39 is 0 Å². The highest BCUT2D eigenvalue weighted by Crippen LogP contribution is 2.17. The number of hydrogen-bond acceptors (Lipinski definition) is 2. The summed E-state index contributed by atoms with van der Waals surface area (Å²) in [6.07, 6.45) is 0. The third-order valence-electron chi connectivity index (χ3n) is 4.04. The molecule has 2 aromatic rings. The molecule has 2 rings (SSSR count). The number of carbonyl (C=O) groups excluding carboxylic acids is 1. The number of anilines is 1. The largest absolute Gasteiger partial charge is 0.360 e. The van der Waals surface area contributed by atoms with Crippen molar-refractivity contribution in [1.29, 1.82) is 0 Å². The lowest BCUT2D eigenvalue weighted by Gasteiger charge is -2.28. The molecule has 0 unspecified atom stereocenters. The SMILES string of the molecule is Cc1ccc(N(CC(=O)NCc2ccccc2C)C(C)C)cc1. The molecule has 0 saturated heterocycles. The third kappa shape index (κ3) is 4.85. The Hall–Kier alpha value is -2.29. The van der Waals surface area contributed by atoms with E-state index in [-0.39, 0.29) is 11.9 Å². The van der Waals surface area contributed by atoms with E-state index in [2.05, 4.69) is 74.3 Å². The zero-order valence-electron chi connectivity index (χ0n) is 14.5. The summed E-state index contributed by atoms with van der Waals surface area (Å²) in [5, 5.41) is 3.03. The minimum absolute atomic E-state index is 0.0440. The van der Waals surface area contributed by atoms with Crippen molar-refractivity contribution in [1.82, 2.24) is 5.32 Å². The van der Waals surface area contributed by atoms with E-state index in [1.807, 2.05) is 12.1 Å². The number of aryl methyl sites for hydroxylation is 2. The molecule has 0 aromatic heterocycles. The highest BCUT2D eigenvalue weighted by Gasteiger charge is 2.14. The van der Waals surface area contributed by atoms with Gasteiger partial charge in [0.25, 0.3) is 0 Å². The molecule has 2 aromatic carbocycles. The van der Waals surface area contributed by atoms with Crippen LogP contribution in [0.1, 0.15) is 30.5 Å². The minimum atomic E-state index is 0.0440. The van der Waals surface area contributed by atoms with Crippen LogP contribution in [-0.4, -0.2) is 18.5 Å². The number of carbonyl (C=O) groups is 1. The summed E-state index contributed by atoms with van der Waals surface area (Å²) in [6, 6.07) is 16.7. The Kier molecular flexibility index (Phi) is 5.80. The van der Waals surface area contributed by atoms with Crippen LogP contribution in [0.25, 0.3) is 0 Å². The molecule has 3 heteroatoms. The minimum Gasteiger partial charge on any atom is -0.360 e. The number of nitrogens with one attached hydrogen (secondary N) is 1. The molecular weight excluding hydrogens is 284 g/mol. The Labute approximate surface area is 139 Å². The van der Waals surface area contributed by atoms with Gasteiger partial charge in [-0.05, 0) is 51.0 Å². The second-order valence-corrected chi connectivity index (χ2v) is 6.26. The summed E-state index contributed by atoms with van der Waals surface area (Å²) in [7, 11) is 0. The van der Waals surface area contributed by atoms with Crippen molar-refractivity contribution < 1.29 is 4.79 Å². The Bertz CT molecular complexity index is 647. The van der Waals surface area contributed by atoms with E-state index in [1.54, 1.807) is 0 Å². The van der Waals surface area contributed by atoms with Crippen LogP contribution in [0.3, 0.4) is 0 Å². The lowest BCUT2D eigenvalue weighted by molar-refractivity contribution is -0.120. The monoisotopic (exact) mass is 310 g/mol. The molecule has 1 amide bonds. The molecule has 0 aliphatic heterocycles. The van der Waals surface area contributed by atoms with Gasteiger partial charge in [0, 0.05) is 18.3 Å². The summed E-state index contributed by atoms with van der Waals surface area (Å²) in [4.78, 5) is 14.4. The van der Waals surface area contributed by atoms with E-state index in [4.69, 9.17) is 0 Å². The summed E-state index contributed by atoms with van der Waals surface area (Å²) in [6.45, 7) is 9.29. The van der Waals surface area contributed by atoms with E-state index in [9.17, 15) is 4.79 Å². The smallest absolute Gasteiger partial charge is 0.239 e. The lowest BCUT2D eigenvalue weighted by Crippen LogP contribution is -2.40. The lowest BCUT2D eigenvalue weighted by atomic mass is 10.1. The van der Waals surface area contributed by atoms with Crippen molar-refractivity contribution in [2.75, 3.05) is 11.4 Å². The fourth-order valence-corrected chi connectivity index (χ4v) is 2.52. The number of benzene rings is 2. The molecule has 0 heterocycles. The average Bonchev–Trinajstić information content (AvgIpc) is 2.52. The maximum absolute atomic E-state index is 12.3. The van der Waals surface area contributed by atoms with Crippen molar-refractivity contribution in [3.8, 4) is 0 Å². The summed E-state index contributed by atoms with van der Waals surface area (Å²) < 4.78 is 0. The number of rotatable bonds is 6. The van der Waals surface area contributed by atoms with Crippen LogP contribution in [0.15, 0.2) is 48.5 Å². The van der Waals surface area contributed by atoms with Crippen LogP contribution in [0.4, 0.5) is 5.69 Å². The fraction of sp³-hybridized carbons (Fsp3) is 0.350. The molecule has 0 aliphatic carbocycles. The van der Waals surface area contributed by atoms with Crippen LogP contribution < -0.4 is 10.2 Å². The number of hydrogen-bond donors (Lipinski definition) is 1. The molecular formula is C20H26N2O. The Morgan fingerprint density at radius 1 is 1.04 bits per heavy atom. The van der Waals surface area contributed by atoms with Crippen LogP contribution in [0.5, 0.6) is 0 Å². The van der Waals surface area contributed by atoms with E-state index in [1.165, 1.54) is 11.1 Å². The van der Waals surface area contributed by atoms with Gasteiger partial charge in [-0.15, -0.1) is 0 Å². The first-order chi connectivity index (χ1) is 11.0. The van der Waals surface area contributed by atoms with Gasteiger partial charge in [-0.2, -0.15) is 0 Å². The quantitative estimate of drug-likeness (QED) is 0.879. The molecule has 0 aliphatic rings. The molecule has 0 saturated carbocycles. The molecule has 0 fully saturated rings. The standard InChI is InChI=1S/C20H26N2O/c1-15(2)22(19-11-9-16(3)10-12-19)14-20(23)21-13-18-8-6-5-7-17(18)4/h5-12,15H,13-14H2,1-4H3,(H,21,23). The predicted molar refractivity (Wildman–Crippen MR) is 96.7 cm³/mol. The number of amides is 1. The molecule has 3 nitrogen and oxygen atoms in total. The van der Waals surface area contributed by atoms with Gasteiger partial charge < -0.3 is 10.2 Å². The maximum atomic E-state index is 12.3. The number of nitrogens with zero attached hydrogens (tertiary/aromatic N) is 1. The molecule has 0 bridgehead atoms. The van der Waals surface area contributed by atoms with E-state index >= 15 is 0 Å². The van der Waals surface area contributed by atoms with Crippen LogP contribution >= 0.6 is 0 Å². The first-order valence-corrected chi connectivity index (χ1v) is 8.12. The van der Waals surface area contributed by atoms with Crippen LogP contribution in [-0.2, 0) is 11.3 Å². The molecule has 23 heavy (non-hydrogen) atoms. The third-order valence-corrected chi connectivity index (χ3v) is 4.04. The highest BCUT2D eigenvalue weighted by atomic mass is 16.2. The first-order valence-electron chi connectivity index (χ1n) is 8.12. The Morgan fingerprint density at radius 2 is 1.70 bits per heavy atom. The van der Waals surface area contributed by atoms with Crippen molar-refractivity contribution in [3.63, 3.8) is 0 Å². The van der Waals surface area contributed by atoms with Gasteiger partial charge >= 0.3 is 0 Å². The first kappa shape index (κ1) is 17.1. The van der Waals surface area contributed by atoms with Crippen LogP contribution in [0.2, 0.25) is 0 Å². The van der Waals surface area contributed by atoms with Crippen LogP contribution in [0, 0.1) is 13.8 Å². The summed E-state index contributed by atoms with van der Waals surface area (Å²) >= 11 is 0. The van der Waals surface area contributed by atoms with Crippen molar-refractivity contribution in [2.45, 2.75) is 40.3 Å². The molecule has 0 radical (unpaired) electrons. The highest BCUT2D eigenvalue weighted by molar-refractivity contribution is 5.81. The van der Waals surface area contributed by atoms with Gasteiger partial charge in [-0.3, -0.25) is 4.79 Å². The maximum Gasteiger partial charge on any atom is 0.239 e. The van der Waals surface area contributed by atoms with Gasteiger partial charge in [-0.25, -0.2) is 0 Å². The van der Waals surface area contributed by atoms with Gasteiger partial charge in [0.15, 0.2) is 0 Å². The van der Waals surface area contributed by atoms with Gasteiger partial charge in [-0.1, -0.05) is 42.0 Å². The molecule has 0 spiro atoms. The molecule has 122 valence electrons. The summed E-state index contributed by atoms with van der Waals surface area (Å²) in [5.41, 5.74) is 4.66. The van der Waals surface area contributed by atoms with Gasteiger partial charge in [0.05, 0.1) is 6.54 Å². The second kappa shape index (κ2) is 7.82. The fourth-order valence-electron chi connectivity index (χ4n) is 2.52. The van der Waals surface area contributed by atoms with Crippen molar-refractivity contribution >= 4 is 11.6 Å². The normalized spacial score (nSPS) is 10.7. The summed E-state index contributed by atoms with van der Waals surface area (Å²) in [5.74, 6) is 0.0440. The zero-order valence-corrected chi connectivity index (χ0v) is 14.5. The van der Waals surface area contributed by atoms with Crippen molar-refractivity contribution in [3.05, 3.63) is 65.2 Å². The second-order valence-electron chi connectivity index (χ2n) is 6.26.